The summed E-state index contributed by atoms with van der Waals surface area (Å²) in [5.74, 6) is 0.391. The monoisotopic (exact) mass is 362 g/mol. The number of hydrogen-bond donors (Lipinski definition) is 1. The van der Waals surface area contributed by atoms with Crippen molar-refractivity contribution >= 4 is 28.3 Å². The van der Waals surface area contributed by atoms with Gasteiger partial charge in [-0.3, -0.25) is 14.0 Å². The van der Waals surface area contributed by atoms with Gasteiger partial charge in [0.2, 0.25) is 0 Å². The second kappa shape index (κ2) is 6.28. The number of methoxy groups -OCH3 is 1. The topological polar surface area (TPSA) is 77.6 Å². The van der Waals surface area contributed by atoms with Crippen LogP contribution in [0, 0.1) is 6.92 Å². The summed E-state index contributed by atoms with van der Waals surface area (Å²) >= 11 is 0. The molecule has 0 saturated carbocycles. The molecule has 7 heteroatoms. The lowest BCUT2D eigenvalue weighted by molar-refractivity contribution is 0.101. The number of aryl methyl sites for hydroxylation is 2. The molecule has 0 bridgehead atoms. The van der Waals surface area contributed by atoms with Gasteiger partial charge in [-0.2, -0.15) is 0 Å². The van der Waals surface area contributed by atoms with E-state index in [9.17, 15) is 9.59 Å². The highest BCUT2D eigenvalue weighted by Crippen LogP contribution is 2.19. The summed E-state index contributed by atoms with van der Waals surface area (Å²) in [5.41, 5.74) is 2.77. The molecule has 4 rings (SSSR count). The number of amides is 1. The Morgan fingerprint density at radius 1 is 1.15 bits per heavy atom. The lowest BCUT2D eigenvalue weighted by Gasteiger charge is -2.07. The van der Waals surface area contributed by atoms with E-state index in [1.807, 2.05) is 13.0 Å². The van der Waals surface area contributed by atoms with Crippen LogP contribution in [0.4, 0.5) is 5.69 Å². The Hall–Kier alpha value is -3.61. The van der Waals surface area contributed by atoms with Crippen molar-refractivity contribution in [1.82, 2.24) is 14.0 Å². The molecule has 0 radical (unpaired) electrons. The van der Waals surface area contributed by atoms with Gasteiger partial charge in [0.15, 0.2) is 0 Å². The Labute approximate surface area is 154 Å². The van der Waals surface area contributed by atoms with E-state index in [0.29, 0.717) is 33.8 Å². The summed E-state index contributed by atoms with van der Waals surface area (Å²) in [6.07, 6.45) is 1.74. The highest BCUT2D eigenvalue weighted by atomic mass is 16.5. The third-order valence-corrected chi connectivity index (χ3v) is 4.53. The Kier molecular flexibility index (Phi) is 3.92. The van der Waals surface area contributed by atoms with Gasteiger partial charge in [0, 0.05) is 18.9 Å². The van der Waals surface area contributed by atoms with Crippen molar-refractivity contribution in [2.24, 2.45) is 7.05 Å². The number of rotatable bonds is 3. The second-order valence-corrected chi connectivity index (χ2v) is 6.36. The van der Waals surface area contributed by atoms with Crippen LogP contribution >= 0.6 is 0 Å². The molecule has 0 spiro atoms. The van der Waals surface area contributed by atoms with Gasteiger partial charge in [-0.25, -0.2) is 4.98 Å². The lowest BCUT2D eigenvalue weighted by atomic mass is 10.3. The first-order chi connectivity index (χ1) is 13.0. The standard InChI is InChI=1S/C20H18N4O3/c1-12-4-9-17-22-18-15(20(26)24(17)11-12)10-16(23(18)2)19(25)21-13-5-7-14(27-3)8-6-13/h4-11H,1-3H3,(H,21,25). The first-order valence-electron chi connectivity index (χ1n) is 8.42. The molecule has 0 aliphatic carbocycles. The van der Waals surface area contributed by atoms with E-state index in [1.165, 1.54) is 4.40 Å². The number of pyridine rings is 1. The third-order valence-electron chi connectivity index (χ3n) is 4.53. The zero-order chi connectivity index (χ0) is 19.1. The summed E-state index contributed by atoms with van der Waals surface area (Å²) in [6, 6.07) is 12.3. The second-order valence-electron chi connectivity index (χ2n) is 6.36. The van der Waals surface area contributed by atoms with E-state index in [2.05, 4.69) is 10.3 Å². The summed E-state index contributed by atoms with van der Waals surface area (Å²) in [5, 5.41) is 3.23. The summed E-state index contributed by atoms with van der Waals surface area (Å²) in [4.78, 5) is 30.1. The summed E-state index contributed by atoms with van der Waals surface area (Å²) < 4.78 is 8.25. The van der Waals surface area contributed by atoms with Gasteiger partial charge in [0.1, 0.15) is 22.7 Å². The predicted octanol–water partition coefficient (Wildman–Crippen LogP) is 2.76. The van der Waals surface area contributed by atoms with Crippen LogP contribution in [0.1, 0.15) is 16.1 Å². The molecule has 0 aliphatic heterocycles. The van der Waals surface area contributed by atoms with E-state index < -0.39 is 0 Å². The maximum absolute atomic E-state index is 12.8. The van der Waals surface area contributed by atoms with E-state index in [0.717, 1.165) is 5.56 Å². The molecule has 0 saturated heterocycles. The Morgan fingerprint density at radius 2 is 1.89 bits per heavy atom. The smallest absolute Gasteiger partial charge is 0.272 e. The van der Waals surface area contributed by atoms with Gasteiger partial charge in [-0.05, 0) is 48.9 Å². The average molecular weight is 362 g/mol. The number of nitrogens with zero attached hydrogens (tertiary/aromatic N) is 3. The molecule has 1 aromatic carbocycles. The maximum atomic E-state index is 12.8. The fourth-order valence-corrected chi connectivity index (χ4v) is 3.06. The molecule has 0 unspecified atom stereocenters. The molecule has 1 N–H and O–H groups in total. The number of ether oxygens (including phenoxy) is 1. The molecule has 3 heterocycles. The van der Waals surface area contributed by atoms with E-state index >= 15 is 0 Å². The van der Waals surface area contributed by atoms with Gasteiger partial charge in [0.25, 0.3) is 11.5 Å². The summed E-state index contributed by atoms with van der Waals surface area (Å²) in [7, 11) is 3.31. The van der Waals surface area contributed by atoms with Crippen LogP contribution in [0.5, 0.6) is 5.75 Å². The minimum absolute atomic E-state index is 0.196. The molecule has 27 heavy (non-hydrogen) atoms. The predicted molar refractivity (Wildman–Crippen MR) is 104 cm³/mol. The number of fused-ring (bicyclic) bond motifs is 2. The van der Waals surface area contributed by atoms with Crippen LogP contribution in [0.2, 0.25) is 0 Å². The molecular weight excluding hydrogens is 344 g/mol. The van der Waals surface area contributed by atoms with E-state index in [4.69, 9.17) is 4.74 Å². The number of carbonyl (C=O) groups excluding carboxylic acids is 1. The molecule has 0 aliphatic rings. The lowest BCUT2D eigenvalue weighted by Crippen LogP contribution is -2.16. The van der Waals surface area contributed by atoms with Gasteiger partial charge in [-0.1, -0.05) is 6.07 Å². The van der Waals surface area contributed by atoms with Crippen molar-refractivity contribution in [3.8, 4) is 5.75 Å². The van der Waals surface area contributed by atoms with Crippen LogP contribution < -0.4 is 15.6 Å². The Balaban J connectivity index is 1.78. The molecule has 4 aromatic rings. The highest BCUT2D eigenvalue weighted by Gasteiger charge is 2.18. The SMILES string of the molecule is COc1ccc(NC(=O)c2cc3c(=O)n4cc(C)ccc4nc3n2C)cc1. The van der Waals surface area contributed by atoms with Crippen molar-refractivity contribution in [3.05, 3.63) is 70.3 Å². The molecule has 1 amide bonds. The van der Waals surface area contributed by atoms with Crippen LogP contribution in [0.15, 0.2) is 53.5 Å². The van der Waals surface area contributed by atoms with Gasteiger partial charge in [0.05, 0.1) is 12.5 Å². The molecule has 0 atom stereocenters. The van der Waals surface area contributed by atoms with Crippen LogP contribution in [-0.4, -0.2) is 27.0 Å². The largest absolute Gasteiger partial charge is 0.497 e. The van der Waals surface area contributed by atoms with Gasteiger partial charge in [-0.15, -0.1) is 0 Å². The van der Waals surface area contributed by atoms with Gasteiger partial charge < -0.3 is 14.6 Å². The minimum Gasteiger partial charge on any atom is -0.497 e. The fraction of sp³-hybridized carbons (Fsp3) is 0.150. The number of aromatic nitrogens is 3. The zero-order valence-electron chi connectivity index (χ0n) is 15.2. The number of anilines is 1. The van der Waals surface area contributed by atoms with Crippen LogP contribution in [0.25, 0.3) is 16.7 Å². The quantitative estimate of drug-likeness (QED) is 0.608. The number of hydrogen-bond acceptors (Lipinski definition) is 4. The minimum atomic E-state index is -0.315. The van der Waals surface area contributed by atoms with E-state index in [-0.39, 0.29) is 11.5 Å². The zero-order valence-corrected chi connectivity index (χ0v) is 15.2. The van der Waals surface area contributed by atoms with Crippen molar-refractivity contribution < 1.29 is 9.53 Å². The highest BCUT2D eigenvalue weighted by molar-refractivity contribution is 6.06. The van der Waals surface area contributed by atoms with Crippen LogP contribution in [-0.2, 0) is 7.05 Å². The van der Waals surface area contributed by atoms with Crippen molar-refractivity contribution in [1.29, 1.82) is 0 Å². The number of benzene rings is 1. The third kappa shape index (κ3) is 2.83. The maximum Gasteiger partial charge on any atom is 0.272 e. The number of nitrogens with one attached hydrogen (secondary N) is 1. The van der Waals surface area contributed by atoms with Crippen LogP contribution in [0.3, 0.4) is 0 Å². The molecule has 136 valence electrons. The Bertz CT molecular complexity index is 1240. The fourth-order valence-electron chi connectivity index (χ4n) is 3.06. The van der Waals surface area contributed by atoms with Crippen molar-refractivity contribution in [2.45, 2.75) is 6.92 Å². The normalized spacial score (nSPS) is 11.1. The number of carbonyl (C=O) groups is 1. The molecule has 0 fully saturated rings. The van der Waals surface area contributed by atoms with Crippen molar-refractivity contribution in [3.63, 3.8) is 0 Å². The first-order valence-corrected chi connectivity index (χ1v) is 8.42. The molecule has 7 nitrogen and oxygen atoms in total. The van der Waals surface area contributed by atoms with Crippen molar-refractivity contribution in [2.75, 3.05) is 12.4 Å². The average Bonchev–Trinajstić information content (AvgIpc) is 3.00. The summed E-state index contributed by atoms with van der Waals surface area (Å²) in [6.45, 7) is 1.91. The molecular formula is C20H18N4O3. The van der Waals surface area contributed by atoms with Gasteiger partial charge >= 0.3 is 0 Å². The van der Waals surface area contributed by atoms with E-state index in [1.54, 1.807) is 61.3 Å². The first kappa shape index (κ1) is 16.8. The Morgan fingerprint density at radius 3 is 2.59 bits per heavy atom. The molecule has 3 aromatic heterocycles.